The number of anilines is 3. The van der Waals surface area contributed by atoms with Gasteiger partial charge in [-0.3, -0.25) is 9.59 Å². The molecule has 2 aliphatic heterocycles. The van der Waals surface area contributed by atoms with Crippen molar-refractivity contribution in [3.05, 3.63) is 50.3 Å². The van der Waals surface area contributed by atoms with Crippen LogP contribution in [0.1, 0.15) is 19.4 Å². The van der Waals surface area contributed by atoms with Gasteiger partial charge in [0.25, 0.3) is 10.9 Å². The van der Waals surface area contributed by atoms with Gasteiger partial charge in [-0.25, -0.2) is 4.79 Å². The van der Waals surface area contributed by atoms with Crippen molar-refractivity contribution in [2.24, 2.45) is 0 Å². The summed E-state index contributed by atoms with van der Waals surface area (Å²) in [5, 5.41) is 0. The molecule has 1 atom stereocenters. The first-order valence-corrected chi connectivity index (χ1v) is 11.0. The molecule has 0 radical (unpaired) electrons. The van der Waals surface area contributed by atoms with Crippen LogP contribution in [0.2, 0.25) is 0 Å². The van der Waals surface area contributed by atoms with Crippen LogP contribution in [0, 0.1) is 6.92 Å². The average molecular weight is 427 g/mol. The number of piperazine rings is 2. The Hall–Kier alpha value is -3.03. The third kappa shape index (κ3) is 3.98. The Bertz CT molecular complexity index is 1000. The molecule has 166 valence electrons. The second kappa shape index (κ2) is 8.61. The van der Waals surface area contributed by atoms with Crippen LogP contribution in [0.25, 0.3) is 0 Å². The number of rotatable bonds is 4. The molecular weight excluding hydrogens is 396 g/mol. The summed E-state index contributed by atoms with van der Waals surface area (Å²) in [5.41, 5.74) is 2.67. The molecule has 2 aromatic rings. The Morgan fingerprint density at radius 3 is 2.10 bits per heavy atom. The van der Waals surface area contributed by atoms with Crippen molar-refractivity contribution in [1.82, 2.24) is 4.90 Å². The van der Waals surface area contributed by atoms with Crippen LogP contribution in [0.15, 0.2) is 33.9 Å². The van der Waals surface area contributed by atoms with Crippen LogP contribution in [0.3, 0.4) is 0 Å². The number of nitrogens with zero attached hydrogens (tertiary/aromatic N) is 4. The van der Waals surface area contributed by atoms with E-state index in [1.807, 2.05) is 4.90 Å². The Morgan fingerprint density at radius 2 is 1.52 bits per heavy atom. The van der Waals surface area contributed by atoms with Gasteiger partial charge in [-0.15, -0.1) is 0 Å². The Morgan fingerprint density at radius 1 is 0.935 bits per heavy atom. The number of carbonyl (C=O) groups excluding carboxylic acids is 1. The van der Waals surface area contributed by atoms with Gasteiger partial charge >= 0.3 is 6.09 Å². The maximum Gasteiger partial charge on any atom is 0.409 e. The Balaban J connectivity index is 1.45. The minimum absolute atomic E-state index is 0.217. The van der Waals surface area contributed by atoms with E-state index in [2.05, 4.69) is 47.9 Å². The Labute approximate surface area is 182 Å². The molecule has 2 fully saturated rings. The van der Waals surface area contributed by atoms with E-state index in [4.69, 9.17) is 4.74 Å². The molecule has 2 saturated heterocycles. The van der Waals surface area contributed by atoms with Crippen molar-refractivity contribution in [3.63, 3.8) is 0 Å². The number of hydrogen-bond acceptors (Lipinski definition) is 7. The minimum Gasteiger partial charge on any atom is -0.450 e. The smallest absolute Gasteiger partial charge is 0.409 e. The zero-order valence-corrected chi connectivity index (χ0v) is 18.5. The first-order chi connectivity index (χ1) is 14.9. The number of carbonyl (C=O) groups is 1. The summed E-state index contributed by atoms with van der Waals surface area (Å²) in [4.78, 5) is 44.9. The van der Waals surface area contributed by atoms with E-state index in [-0.39, 0.29) is 17.6 Å². The van der Waals surface area contributed by atoms with E-state index in [0.29, 0.717) is 57.3 Å². The lowest BCUT2D eigenvalue weighted by molar-refractivity contribution is 0.105. The number of aryl methyl sites for hydroxylation is 1. The van der Waals surface area contributed by atoms with Gasteiger partial charge in [-0.1, -0.05) is 17.7 Å². The van der Waals surface area contributed by atoms with Crippen LogP contribution < -0.4 is 25.6 Å². The zero-order chi connectivity index (χ0) is 22.1. The van der Waals surface area contributed by atoms with E-state index in [9.17, 15) is 14.4 Å². The lowest BCUT2D eigenvalue weighted by Crippen LogP contribution is -2.58. The molecule has 8 nitrogen and oxygen atoms in total. The fourth-order valence-electron chi connectivity index (χ4n) is 4.56. The van der Waals surface area contributed by atoms with Crippen LogP contribution in [0.5, 0.6) is 0 Å². The maximum atomic E-state index is 12.5. The van der Waals surface area contributed by atoms with E-state index < -0.39 is 5.43 Å². The van der Waals surface area contributed by atoms with Crippen LogP contribution >= 0.6 is 0 Å². The van der Waals surface area contributed by atoms with E-state index in [0.717, 1.165) is 6.54 Å². The molecule has 0 aliphatic carbocycles. The van der Waals surface area contributed by atoms with E-state index in [1.54, 1.807) is 11.8 Å². The van der Waals surface area contributed by atoms with Gasteiger partial charge in [0.15, 0.2) is 0 Å². The summed E-state index contributed by atoms with van der Waals surface area (Å²) in [7, 11) is 0. The Kier molecular flexibility index (Phi) is 5.89. The molecule has 4 rings (SSSR count). The molecule has 1 amide bonds. The van der Waals surface area contributed by atoms with Crippen molar-refractivity contribution in [1.29, 1.82) is 0 Å². The van der Waals surface area contributed by atoms with Gasteiger partial charge in [0.1, 0.15) is 11.4 Å². The van der Waals surface area contributed by atoms with Crippen LogP contribution in [0.4, 0.5) is 21.9 Å². The number of benzene rings is 1. The summed E-state index contributed by atoms with van der Waals surface area (Å²) in [6.07, 6.45) is -0.326. The molecule has 2 aliphatic rings. The van der Waals surface area contributed by atoms with Gasteiger partial charge in [0, 0.05) is 57.5 Å². The van der Waals surface area contributed by atoms with Crippen molar-refractivity contribution < 1.29 is 9.53 Å². The predicted molar refractivity (Wildman–Crippen MR) is 122 cm³/mol. The normalized spacial score (nSPS) is 19.8. The quantitative estimate of drug-likeness (QED) is 0.688. The number of hydrogen-bond donors (Lipinski definition) is 0. The molecule has 1 unspecified atom stereocenters. The first-order valence-electron chi connectivity index (χ1n) is 11.0. The molecule has 2 heterocycles. The predicted octanol–water partition coefficient (Wildman–Crippen LogP) is 1.58. The van der Waals surface area contributed by atoms with Crippen molar-refractivity contribution >= 4 is 23.2 Å². The van der Waals surface area contributed by atoms with Crippen molar-refractivity contribution in [2.75, 3.05) is 67.1 Å². The third-order valence-corrected chi connectivity index (χ3v) is 6.29. The summed E-state index contributed by atoms with van der Waals surface area (Å²) in [6.45, 7) is 10.5. The topological polar surface area (TPSA) is 73.4 Å². The van der Waals surface area contributed by atoms with Gasteiger partial charge in [-0.05, 0) is 32.9 Å². The van der Waals surface area contributed by atoms with Gasteiger partial charge in [0.05, 0.1) is 6.61 Å². The average Bonchev–Trinajstić information content (AvgIpc) is 2.78. The number of amides is 1. The van der Waals surface area contributed by atoms with Gasteiger partial charge in [0.2, 0.25) is 0 Å². The zero-order valence-electron chi connectivity index (χ0n) is 18.5. The summed E-state index contributed by atoms with van der Waals surface area (Å²) < 4.78 is 5.06. The van der Waals surface area contributed by atoms with Crippen LogP contribution in [-0.4, -0.2) is 69.5 Å². The standard InChI is InChI=1S/C23H30N4O4/c1-4-31-23(30)25-11-9-24(10-12-25)19-20(22(29)21(19)28)26-13-14-27(17(3)15-26)18-7-5-16(2)6-8-18/h5-8,17H,4,9-15H2,1-3H3. The molecular formula is C23H30N4O4. The van der Waals surface area contributed by atoms with E-state index in [1.165, 1.54) is 11.3 Å². The molecule has 0 saturated carbocycles. The molecule has 8 heteroatoms. The lowest BCUT2D eigenvalue weighted by Gasteiger charge is -2.44. The van der Waals surface area contributed by atoms with E-state index >= 15 is 0 Å². The highest BCUT2D eigenvalue weighted by atomic mass is 16.6. The molecule has 0 N–H and O–H groups in total. The second-order valence-corrected chi connectivity index (χ2v) is 8.35. The molecule has 0 spiro atoms. The fourth-order valence-corrected chi connectivity index (χ4v) is 4.56. The van der Waals surface area contributed by atoms with Crippen LogP contribution in [-0.2, 0) is 4.74 Å². The first kappa shape index (κ1) is 21.2. The summed E-state index contributed by atoms with van der Waals surface area (Å²) in [6, 6.07) is 8.70. The largest absolute Gasteiger partial charge is 0.450 e. The molecule has 0 aromatic heterocycles. The molecule has 31 heavy (non-hydrogen) atoms. The monoisotopic (exact) mass is 426 g/mol. The lowest BCUT2D eigenvalue weighted by atomic mass is 10.1. The molecule has 0 bridgehead atoms. The SMILES string of the molecule is CCOC(=O)N1CCN(c2c(N3CCN(c4ccc(C)cc4)C(C)C3)c(=O)c2=O)CC1. The molecule has 2 aromatic carbocycles. The van der Waals surface area contributed by atoms with Crippen molar-refractivity contribution in [3.8, 4) is 0 Å². The second-order valence-electron chi connectivity index (χ2n) is 8.35. The van der Waals surface area contributed by atoms with Gasteiger partial charge < -0.3 is 24.3 Å². The highest BCUT2D eigenvalue weighted by molar-refractivity contribution is 5.77. The van der Waals surface area contributed by atoms with Crippen molar-refractivity contribution in [2.45, 2.75) is 26.8 Å². The fraction of sp³-hybridized carbons (Fsp3) is 0.522. The highest BCUT2D eigenvalue weighted by Gasteiger charge is 2.35. The highest BCUT2D eigenvalue weighted by Crippen LogP contribution is 2.29. The summed E-state index contributed by atoms with van der Waals surface area (Å²) >= 11 is 0. The number of ether oxygens (including phenoxy) is 1. The minimum atomic E-state index is -0.409. The maximum absolute atomic E-state index is 12.5. The van der Waals surface area contributed by atoms with Gasteiger partial charge in [-0.2, -0.15) is 0 Å². The third-order valence-electron chi connectivity index (χ3n) is 6.29. The summed E-state index contributed by atoms with van der Waals surface area (Å²) in [5.74, 6) is 0.